The van der Waals surface area contributed by atoms with Gasteiger partial charge in [0.2, 0.25) is 5.76 Å². The number of para-hydroxylation sites is 1. The maximum atomic E-state index is 13.4. The van der Waals surface area contributed by atoms with Gasteiger partial charge in [-0.3, -0.25) is 9.59 Å². The van der Waals surface area contributed by atoms with E-state index in [9.17, 15) is 9.59 Å². The number of halogens is 1. The summed E-state index contributed by atoms with van der Waals surface area (Å²) in [5, 5.41) is 1.11. The molecule has 1 aliphatic heterocycles. The zero-order valence-corrected chi connectivity index (χ0v) is 18.0. The Kier molecular flexibility index (Phi) is 5.93. The van der Waals surface area contributed by atoms with Crippen molar-refractivity contribution in [2.24, 2.45) is 0 Å². The molecule has 4 rings (SSSR count). The van der Waals surface area contributed by atoms with Crippen LogP contribution in [0.15, 0.2) is 57.7 Å². The van der Waals surface area contributed by atoms with Crippen LogP contribution in [0.1, 0.15) is 48.0 Å². The van der Waals surface area contributed by atoms with Gasteiger partial charge in [0.05, 0.1) is 36.6 Å². The minimum absolute atomic E-state index is 0.142. The van der Waals surface area contributed by atoms with E-state index in [4.69, 9.17) is 16.0 Å². The van der Waals surface area contributed by atoms with Crippen LogP contribution in [0.3, 0.4) is 0 Å². The number of nitrogens with zero attached hydrogens (tertiary/aromatic N) is 1. The number of benzene rings is 2. The van der Waals surface area contributed by atoms with Crippen molar-refractivity contribution in [1.29, 1.82) is 0 Å². The number of nitrogens with one attached hydrogen (secondary N) is 1. The molecule has 0 radical (unpaired) electrons. The molecule has 1 aliphatic rings. The lowest BCUT2D eigenvalue weighted by Gasteiger charge is -2.26. The highest BCUT2D eigenvalue weighted by Gasteiger charge is 2.42. The molecule has 156 valence electrons. The summed E-state index contributed by atoms with van der Waals surface area (Å²) in [6, 6.07) is 14.0. The van der Waals surface area contributed by atoms with Gasteiger partial charge in [-0.25, -0.2) is 0 Å². The number of carbonyl (C=O) groups is 1. The molecular formula is C24H26ClN2O3+. The number of rotatable bonds is 7. The van der Waals surface area contributed by atoms with Crippen molar-refractivity contribution in [3.05, 3.63) is 80.7 Å². The summed E-state index contributed by atoms with van der Waals surface area (Å²) in [7, 11) is 0. The Labute approximate surface area is 180 Å². The predicted octanol–water partition coefficient (Wildman–Crippen LogP) is 3.31. The summed E-state index contributed by atoms with van der Waals surface area (Å²) in [4.78, 5) is 30.0. The maximum absolute atomic E-state index is 13.4. The van der Waals surface area contributed by atoms with Gasteiger partial charge < -0.3 is 14.2 Å². The second kappa shape index (κ2) is 8.62. The highest BCUT2D eigenvalue weighted by Crippen LogP contribution is 2.38. The second-order valence-corrected chi connectivity index (χ2v) is 8.12. The third-order valence-electron chi connectivity index (χ3n) is 5.99. The molecule has 2 aromatic carbocycles. The normalized spacial score (nSPS) is 15.9. The van der Waals surface area contributed by atoms with E-state index in [0.717, 1.165) is 31.6 Å². The van der Waals surface area contributed by atoms with Gasteiger partial charge in [0.25, 0.3) is 5.91 Å². The summed E-state index contributed by atoms with van der Waals surface area (Å²) in [5.41, 5.74) is 1.59. The van der Waals surface area contributed by atoms with E-state index in [0.29, 0.717) is 28.1 Å². The molecule has 5 nitrogen and oxygen atoms in total. The monoisotopic (exact) mass is 425 g/mol. The van der Waals surface area contributed by atoms with Crippen molar-refractivity contribution in [3.63, 3.8) is 0 Å². The fourth-order valence-corrected chi connectivity index (χ4v) is 4.42. The first-order valence-corrected chi connectivity index (χ1v) is 10.9. The molecule has 2 heterocycles. The largest absolute Gasteiger partial charge is 0.450 e. The number of carbonyl (C=O) groups excluding carboxylic acids is 1. The Balaban J connectivity index is 1.78. The van der Waals surface area contributed by atoms with E-state index in [1.807, 2.05) is 18.2 Å². The Bertz CT molecular complexity index is 1120. The van der Waals surface area contributed by atoms with Gasteiger partial charge in [0, 0.05) is 18.0 Å². The van der Waals surface area contributed by atoms with Crippen LogP contribution in [-0.4, -0.2) is 37.0 Å². The van der Waals surface area contributed by atoms with Crippen molar-refractivity contribution in [2.45, 2.75) is 26.3 Å². The average molecular weight is 426 g/mol. The highest BCUT2D eigenvalue weighted by molar-refractivity contribution is 6.30. The lowest BCUT2D eigenvalue weighted by molar-refractivity contribution is -0.896. The number of amides is 1. The molecule has 1 N–H and O–H groups in total. The minimum atomic E-state index is -0.461. The minimum Gasteiger partial charge on any atom is -0.450 e. The molecule has 1 aromatic heterocycles. The van der Waals surface area contributed by atoms with Crippen molar-refractivity contribution < 1.29 is 14.1 Å². The Morgan fingerprint density at radius 3 is 2.43 bits per heavy atom. The Morgan fingerprint density at radius 2 is 1.73 bits per heavy atom. The van der Waals surface area contributed by atoms with Crippen LogP contribution >= 0.6 is 11.6 Å². The van der Waals surface area contributed by atoms with Gasteiger partial charge in [-0.2, -0.15) is 0 Å². The molecule has 0 unspecified atom stereocenters. The van der Waals surface area contributed by atoms with E-state index >= 15 is 0 Å². The summed E-state index contributed by atoms with van der Waals surface area (Å²) < 4.78 is 5.95. The number of quaternary nitrogens is 1. The molecule has 1 amide bonds. The van der Waals surface area contributed by atoms with Gasteiger partial charge in [0.1, 0.15) is 5.58 Å². The van der Waals surface area contributed by atoms with Crippen LogP contribution in [0.2, 0.25) is 5.02 Å². The molecular weight excluding hydrogens is 400 g/mol. The Morgan fingerprint density at radius 1 is 1.03 bits per heavy atom. The Hall–Kier alpha value is -2.63. The molecule has 30 heavy (non-hydrogen) atoms. The van der Waals surface area contributed by atoms with E-state index in [-0.39, 0.29) is 17.1 Å². The fourth-order valence-electron chi connectivity index (χ4n) is 4.29. The maximum Gasteiger partial charge on any atom is 0.290 e. The van der Waals surface area contributed by atoms with E-state index < -0.39 is 6.04 Å². The van der Waals surface area contributed by atoms with Crippen LogP contribution in [0, 0.1) is 0 Å². The summed E-state index contributed by atoms with van der Waals surface area (Å²) in [5.74, 6) is -0.0591. The van der Waals surface area contributed by atoms with E-state index in [1.165, 1.54) is 4.90 Å². The summed E-state index contributed by atoms with van der Waals surface area (Å²) in [6.07, 6.45) is 0.856. The van der Waals surface area contributed by atoms with Gasteiger partial charge in [-0.05, 0) is 43.7 Å². The SMILES string of the molecule is CC[NH+](CC)CCCN1C(=O)c2oc3ccccc3c(=O)c2[C@H]1c1ccc(Cl)cc1. The second-order valence-electron chi connectivity index (χ2n) is 7.68. The van der Waals surface area contributed by atoms with Crippen LogP contribution in [-0.2, 0) is 0 Å². The van der Waals surface area contributed by atoms with Crippen LogP contribution in [0.5, 0.6) is 0 Å². The smallest absolute Gasteiger partial charge is 0.290 e. The first-order valence-electron chi connectivity index (χ1n) is 10.5. The zero-order valence-electron chi connectivity index (χ0n) is 17.3. The molecule has 3 aromatic rings. The van der Waals surface area contributed by atoms with Crippen LogP contribution < -0.4 is 10.3 Å². The van der Waals surface area contributed by atoms with Crippen LogP contribution in [0.25, 0.3) is 11.0 Å². The predicted molar refractivity (Wildman–Crippen MR) is 118 cm³/mol. The number of fused-ring (bicyclic) bond motifs is 2. The standard InChI is InChI=1S/C24H25ClN2O3/c1-3-26(4-2)14-7-15-27-21(16-10-12-17(25)13-11-16)20-22(28)18-8-5-6-9-19(18)30-23(20)24(27)29/h5-6,8-13,21H,3-4,7,14-15H2,1-2H3/p+1/t21-/m1/s1. The molecule has 0 aliphatic carbocycles. The topological polar surface area (TPSA) is 55.0 Å². The lowest BCUT2D eigenvalue weighted by Crippen LogP contribution is -3.11. The van der Waals surface area contributed by atoms with Crippen molar-refractivity contribution in [2.75, 3.05) is 26.2 Å². The summed E-state index contributed by atoms with van der Waals surface area (Å²) in [6.45, 7) is 7.98. The fraction of sp³-hybridized carbons (Fsp3) is 0.333. The third-order valence-corrected chi connectivity index (χ3v) is 6.24. The summed E-state index contributed by atoms with van der Waals surface area (Å²) >= 11 is 6.08. The van der Waals surface area contributed by atoms with E-state index in [1.54, 1.807) is 35.2 Å². The number of hydrogen-bond acceptors (Lipinski definition) is 3. The zero-order chi connectivity index (χ0) is 21.3. The first kappa shape index (κ1) is 20.6. The molecule has 0 bridgehead atoms. The van der Waals surface area contributed by atoms with Crippen molar-refractivity contribution in [3.8, 4) is 0 Å². The lowest BCUT2D eigenvalue weighted by atomic mass is 9.98. The van der Waals surface area contributed by atoms with Gasteiger partial charge in [0.15, 0.2) is 5.43 Å². The van der Waals surface area contributed by atoms with Gasteiger partial charge in [-0.15, -0.1) is 0 Å². The highest BCUT2D eigenvalue weighted by atomic mass is 35.5. The van der Waals surface area contributed by atoms with Crippen molar-refractivity contribution >= 4 is 28.5 Å². The van der Waals surface area contributed by atoms with Gasteiger partial charge in [-0.1, -0.05) is 35.9 Å². The van der Waals surface area contributed by atoms with Gasteiger partial charge >= 0.3 is 0 Å². The molecule has 0 saturated carbocycles. The molecule has 0 spiro atoms. The quantitative estimate of drug-likeness (QED) is 0.631. The van der Waals surface area contributed by atoms with Crippen LogP contribution in [0.4, 0.5) is 0 Å². The molecule has 6 heteroatoms. The molecule has 0 fully saturated rings. The number of hydrogen-bond donors (Lipinski definition) is 1. The van der Waals surface area contributed by atoms with Crippen molar-refractivity contribution in [1.82, 2.24) is 4.90 Å². The van der Waals surface area contributed by atoms with E-state index in [2.05, 4.69) is 13.8 Å². The third kappa shape index (κ3) is 3.64. The molecule has 1 atom stereocenters. The first-order chi connectivity index (χ1) is 14.5. The average Bonchev–Trinajstić information content (AvgIpc) is 3.04. The molecule has 0 saturated heterocycles.